The molecule has 0 unspecified atom stereocenters. The average molecular weight is 491 g/mol. The van der Waals surface area contributed by atoms with Gasteiger partial charge < -0.3 is 15.0 Å². The SMILES string of the molecule is O=C(NCCc1ccccc1F)C1CCN(C(=O)CCCOc2cccc(Br)c2)CC1. The number of benzene rings is 2. The van der Waals surface area contributed by atoms with E-state index >= 15 is 0 Å². The van der Waals surface area contributed by atoms with Gasteiger partial charge in [-0.2, -0.15) is 0 Å². The highest BCUT2D eigenvalue weighted by atomic mass is 79.9. The molecule has 0 aromatic heterocycles. The summed E-state index contributed by atoms with van der Waals surface area (Å²) in [6.07, 6.45) is 2.88. The molecule has 1 heterocycles. The van der Waals surface area contributed by atoms with E-state index in [2.05, 4.69) is 21.2 Å². The maximum atomic E-state index is 13.6. The van der Waals surface area contributed by atoms with E-state index in [1.165, 1.54) is 6.07 Å². The summed E-state index contributed by atoms with van der Waals surface area (Å²) in [5, 5.41) is 2.90. The van der Waals surface area contributed by atoms with Gasteiger partial charge in [0.15, 0.2) is 0 Å². The maximum absolute atomic E-state index is 13.6. The maximum Gasteiger partial charge on any atom is 0.223 e. The van der Waals surface area contributed by atoms with Crippen LogP contribution in [0.5, 0.6) is 5.75 Å². The zero-order valence-corrected chi connectivity index (χ0v) is 19.1. The number of hydrogen-bond donors (Lipinski definition) is 1. The molecule has 1 fully saturated rings. The van der Waals surface area contributed by atoms with Crippen molar-refractivity contribution in [3.05, 3.63) is 64.4 Å². The topological polar surface area (TPSA) is 58.6 Å². The third-order valence-electron chi connectivity index (χ3n) is 5.47. The van der Waals surface area contributed by atoms with Gasteiger partial charge >= 0.3 is 0 Å². The molecule has 0 atom stereocenters. The highest BCUT2D eigenvalue weighted by Crippen LogP contribution is 2.20. The van der Waals surface area contributed by atoms with Crippen LogP contribution in [-0.2, 0) is 16.0 Å². The number of likely N-dealkylation sites (tertiary alicyclic amines) is 1. The molecular formula is C24H28BrFN2O3. The van der Waals surface area contributed by atoms with Crippen molar-refractivity contribution in [2.45, 2.75) is 32.1 Å². The van der Waals surface area contributed by atoms with E-state index in [1.807, 2.05) is 29.2 Å². The number of halogens is 2. The molecule has 2 amide bonds. The highest BCUT2D eigenvalue weighted by Gasteiger charge is 2.26. The van der Waals surface area contributed by atoms with Crippen LogP contribution in [0.2, 0.25) is 0 Å². The second-order valence-corrected chi connectivity index (χ2v) is 8.61. The largest absolute Gasteiger partial charge is 0.494 e. The lowest BCUT2D eigenvalue weighted by Gasteiger charge is -2.31. The van der Waals surface area contributed by atoms with Crippen molar-refractivity contribution >= 4 is 27.7 Å². The molecule has 1 aliphatic heterocycles. The normalized spacial score (nSPS) is 14.3. The van der Waals surface area contributed by atoms with E-state index in [4.69, 9.17) is 4.74 Å². The van der Waals surface area contributed by atoms with Crippen LogP contribution in [0.15, 0.2) is 53.0 Å². The molecule has 0 aliphatic carbocycles. The first-order chi connectivity index (χ1) is 15.0. The van der Waals surface area contributed by atoms with Gasteiger partial charge in [0, 0.05) is 36.4 Å². The Kier molecular flexibility index (Phi) is 8.88. The van der Waals surface area contributed by atoms with Crippen LogP contribution in [0.1, 0.15) is 31.2 Å². The lowest BCUT2D eigenvalue weighted by molar-refractivity contribution is -0.135. The van der Waals surface area contributed by atoms with Gasteiger partial charge in [0.1, 0.15) is 11.6 Å². The standard InChI is InChI=1S/C24H28BrFN2O3/c25-20-6-3-7-21(17-20)31-16-4-9-23(29)28-14-11-19(12-15-28)24(30)27-13-10-18-5-1-2-8-22(18)26/h1-3,5-8,17,19H,4,9-16H2,(H,27,30). The summed E-state index contributed by atoms with van der Waals surface area (Å²) in [6.45, 7) is 2.09. The number of rotatable bonds is 9. The quantitative estimate of drug-likeness (QED) is 0.531. The van der Waals surface area contributed by atoms with Crippen molar-refractivity contribution in [3.63, 3.8) is 0 Å². The molecule has 1 N–H and O–H groups in total. The van der Waals surface area contributed by atoms with Crippen molar-refractivity contribution in [1.29, 1.82) is 0 Å². The minimum absolute atomic E-state index is 0.00846. The minimum atomic E-state index is -0.245. The summed E-state index contributed by atoms with van der Waals surface area (Å²) in [5.41, 5.74) is 0.604. The van der Waals surface area contributed by atoms with Gasteiger partial charge in [0.05, 0.1) is 6.61 Å². The summed E-state index contributed by atoms with van der Waals surface area (Å²) in [4.78, 5) is 26.7. The molecule has 0 bridgehead atoms. The van der Waals surface area contributed by atoms with Gasteiger partial charge in [-0.15, -0.1) is 0 Å². The van der Waals surface area contributed by atoms with E-state index in [0.717, 1.165) is 10.2 Å². The number of carbonyl (C=O) groups is 2. The van der Waals surface area contributed by atoms with Crippen molar-refractivity contribution in [2.75, 3.05) is 26.2 Å². The van der Waals surface area contributed by atoms with Gasteiger partial charge in [-0.25, -0.2) is 4.39 Å². The zero-order valence-electron chi connectivity index (χ0n) is 17.5. The van der Waals surface area contributed by atoms with Gasteiger partial charge in [-0.1, -0.05) is 40.2 Å². The lowest BCUT2D eigenvalue weighted by Crippen LogP contribution is -2.43. The average Bonchev–Trinajstić information content (AvgIpc) is 2.78. The smallest absolute Gasteiger partial charge is 0.223 e. The molecule has 166 valence electrons. The van der Waals surface area contributed by atoms with E-state index < -0.39 is 0 Å². The molecule has 5 nitrogen and oxygen atoms in total. The van der Waals surface area contributed by atoms with Crippen LogP contribution < -0.4 is 10.1 Å². The predicted molar refractivity (Wildman–Crippen MR) is 121 cm³/mol. The van der Waals surface area contributed by atoms with E-state index in [1.54, 1.807) is 18.2 Å². The number of carbonyl (C=O) groups excluding carboxylic acids is 2. The fourth-order valence-corrected chi connectivity index (χ4v) is 4.06. The number of nitrogens with zero attached hydrogens (tertiary/aromatic N) is 1. The van der Waals surface area contributed by atoms with Gasteiger partial charge in [0.2, 0.25) is 11.8 Å². The molecular weight excluding hydrogens is 463 g/mol. The number of hydrogen-bond acceptors (Lipinski definition) is 3. The Morgan fingerprint density at radius 1 is 1.13 bits per heavy atom. The Morgan fingerprint density at radius 3 is 2.65 bits per heavy atom. The van der Waals surface area contributed by atoms with E-state index in [-0.39, 0.29) is 23.5 Å². The molecule has 2 aromatic carbocycles. The Morgan fingerprint density at radius 2 is 1.90 bits per heavy atom. The first-order valence-corrected chi connectivity index (χ1v) is 11.5. The van der Waals surface area contributed by atoms with Crippen LogP contribution in [0.25, 0.3) is 0 Å². The van der Waals surface area contributed by atoms with Crippen molar-refractivity contribution < 1.29 is 18.7 Å². The van der Waals surface area contributed by atoms with E-state index in [0.29, 0.717) is 63.9 Å². The first-order valence-electron chi connectivity index (χ1n) is 10.7. The fraction of sp³-hybridized carbons (Fsp3) is 0.417. The monoisotopic (exact) mass is 490 g/mol. The second kappa shape index (κ2) is 11.8. The third-order valence-corrected chi connectivity index (χ3v) is 5.96. The summed E-state index contributed by atoms with van der Waals surface area (Å²) in [6, 6.07) is 14.2. The fourth-order valence-electron chi connectivity index (χ4n) is 3.69. The molecule has 2 aromatic rings. The van der Waals surface area contributed by atoms with Crippen LogP contribution in [0.4, 0.5) is 4.39 Å². The summed E-state index contributed by atoms with van der Waals surface area (Å²) >= 11 is 3.40. The Labute approximate surface area is 191 Å². The lowest BCUT2D eigenvalue weighted by atomic mass is 9.95. The molecule has 1 aliphatic rings. The molecule has 0 radical (unpaired) electrons. The number of piperidine rings is 1. The van der Waals surface area contributed by atoms with Crippen molar-refractivity contribution in [1.82, 2.24) is 10.2 Å². The summed E-state index contributed by atoms with van der Waals surface area (Å²) < 4.78 is 20.3. The molecule has 0 saturated carbocycles. The summed E-state index contributed by atoms with van der Waals surface area (Å²) in [7, 11) is 0. The van der Waals surface area contributed by atoms with Crippen LogP contribution in [0, 0.1) is 11.7 Å². The zero-order chi connectivity index (χ0) is 22.1. The van der Waals surface area contributed by atoms with E-state index in [9.17, 15) is 14.0 Å². The van der Waals surface area contributed by atoms with Gasteiger partial charge in [-0.05, 0) is 55.5 Å². The molecule has 1 saturated heterocycles. The summed E-state index contributed by atoms with van der Waals surface area (Å²) in [5.74, 6) is 0.543. The van der Waals surface area contributed by atoms with Gasteiger partial charge in [-0.3, -0.25) is 9.59 Å². The van der Waals surface area contributed by atoms with Gasteiger partial charge in [0.25, 0.3) is 0 Å². The molecule has 7 heteroatoms. The van der Waals surface area contributed by atoms with Crippen molar-refractivity contribution in [2.24, 2.45) is 5.92 Å². The Hall–Kier alpha value is -2.41. The number of ether oxygens (including phenoxy) is 1. The Balaban J connectivity index is 1.30. The van der Waals surface area contributed by atoms with Crippen LogP contribution >= 0.6 is 15.9 Å². The second-order valence-electron chi connectivity index (χ2n) is 7.70. The molecule has 0 spiro atoms. The minimum Gasteiger partial charge on any atom is -0.494 e. The highest BCUT2D eigenvalue weighted by molar-refractivity contribution is 9.10. The van der Waals surface area contributed by atoms with Crippen molar-refractivity contribution in [3.8, 4) is 5.75 Å². The third kappa shape index (κ3) is 7.35. The first kappa shape index (κ1) is 23.3. The van der Waals surface area contributed by atoms with Crippen LogP contribution in [0.3, 0.4) is 0 Å². The Bertz CT molecular complexity index is 885. The van der Waals surface area contributed by atoms with Crippen LogP contribution in [-0.4, -0.2) is 43.0 Å². The molecule has 3 rings (SSSR count). The molecule has 31 heavy (non-hydrogen) atoms. The number of amides is 2. The predicted octanol–water partition coefficient (Wildman–Crippen LogP) is 4.34. The number of nitrogens with one attached hydrogen (secondary N) is 1.